The van der Waals surface area contributed by atoms with Crippen LogP contribution in [0.5, 0.6) is 0 Å². The molecule has 16 heavy (non-hydrogen) atoms. The van der Waals surface area contributed by atoms with E-state index in [0.29, 0.717) is 12.1 Å². The van der Waals surface area contributed by atoms with Crippen molar-refractivity contribution in [1.82, 2.24) is 5.32 Å². The maximum Gasteiger partial charge on any atom is 0.328 e. The standard InChI is InChI=1S/C12H13NO3/c1-2-13-12(16)10-6-3-9(4-7-10)5-8-11(14)15/h3-8H,2H2,1H3,(H,13,16)(H,14,15). The minimum atomic E-state index is -0.993. The van der Waals surface area contributed by atoms with Crippen LogP contribution < -0.4 is 5.32 Å². The van der Waals surface area contributed by atoms with Gasteiger partial charge in [-0.2, -0.15) is 0 Å². The topological polar surface area (TPSA) is 66.4 Å². The lowest BCUT2D eigenvalue weighted by Crippen LogP contribution is -2.22. The molecule has 0 fully saturated rings. The van der Waals surface area contributed by atoms with Crippen LogP contribution in [0.25, 0.3) is 6.08 Å². The molecule has 0 aliphatic carbocycles. The van der Waals surface area contributed by atoms with Gasteiger partial charge in [-0.15, -0.1) is 0 Å². The van der Waals surface area contributed by atoms with Gasteiger partial charge in [-0.25, -0.2) is 4.79 Å². The highest BCUT2D eigenvalue weighted by Crippen LogP contribution is 2.06. The molecule has 0 saturated heterocycles. The third-order valence-electron chi connectivity index (χ3n) is 1.93. The molecule has 4 heteroatoms. The van der Waals surface area contributed by atoms with Crippen molar-refractivity contribution in [3.8, 4) is 0 Å². The predicted octanol–water partition coefficient (Wildman–Crippen LogP) is 1.53. The Bertz CT molecular complexity index is 407. The average molecular weight is 219 g/mol. The summed E-state index contributed by atoms with van der Waals surface area (Å²) in [5, 5.41) is 11.1. The Kier molecular flexibility index (Phi) is 4.27. The first-order valence-corrected chi connectivity index (χ1v) is 4.92. The number of amides is 1. The van der Waals surface area contributed by atoms with Gasteiger partial charge in [-0.1, -0.05) is 12.1 Å². The molecule has 0 unspecified atom stereocenters. The fraction of sp³-hybridized carbons (Fsp3) is 0.167. The Morgan fingerprint density at radius 1 is 1.31 bits per heavy atom. The summed E-state index contributed by atoms with van der Waals surface area (Å²) in [5.74, 6) is -1.12. The van der Waals surface area contributed by atoms with E-state index in [1.807, 2.05) is 6.92 Å². The third kappa shape index (κ3) is 3.57. The number of hydrogen-bond acceptors (Lipinski definition) is 2. The van der Waals surface area contributed by atoms with Crippen LogP contribution in [0, 0.1) is 0 Å². The maximum absolute atomic E-state index is 11.4. The first-order valence-electron chi connectivity index (χ1n) is 4.92. The summed E-state index contributed by atoms with van der Waals surface area (Å²) in [6.45, 7) is 2.43. The minimum absolute atomic E-state index is 0.128. The van der Waals surface area contributed by atoms with Gasteiger partial charge < -0.3 is 10.4 Å². The molecule has 0 radical (unpaired) electrons. The Labute approximate surface area is 93.6 Å². The smallest absolute Gasteiger partial charge is 0.328 e. The lowest BCUT2D eigenvalue weighted by atomic mass is 10.1. The zero-order valence-electron chi connectivity index (χ0n) is 8.93. The predicted molar refractivity (Wildman–Crippen MR) is 61.1 cm³/mol. The van der Waals surface area contributed by atoms with E-state index in [4.69, 9.17) is 5.11 Å². The largest absolute Gasteiger partial charge is 0.478 e. The van der Waals surface area contributed by atoms with Crippen LogP contribution >= 0.6 is 0 Å². The first kappa shape index (κ1) is 12.0. The molecule has 0 aromatic heterocycles. The number of hydrogen-bond donors (Lipinski definition) is 2. The number of benzene rings is 1. The van der Waals surface area contributed by atoms with Crippen LogP contribution in [-0.2, 0) is 4.79 Å². The van der Waals surface area contributed by atoms with Crippen molar-refractivity contribution in [2.75, 3.05) is 6.54 Å². The Balaban J connectivity index is 2.75. The Hall–Kier alpha value is -2.10. The van der Waals surface area contributed by atoms with Crippen LogP contribution in [0.2, 0.25) is 0 Å². The van der Waals surface area contributed by atoms with Crippen LogP contribution in [0.1, 0.15) is 22.8 Å². The first-order chi connectivity index (χ1) is 7.63. The average Bonchev–Trinajstić information content (AvgIpc) is 2.27. The van der Waals surface area contributed by atoms with E-state index in [2.05, 4.69) is 5.32 Å². The summed E-state index contributed by atoms with van der Waals surface area (Å²) in [7, 11) is 0. The molecule has 4 nitrogen and oxygen atoms in total. The van der Waals surface area contributed by atoms with E-state index in [9.17, 15) is 9.59 Å². The quantitative estimate of drug-likeness (QED) is 0.755. The van der Waals surface area contributed by atoms with E-state index in [0.717, 1.165) is 11.6 Å². The third-order valence-corrected chi connectivity index (χ3v) is 1.93. The Morgan fingerprint density at radius 2 is 1.94 bits per heavy atom. The lowest BCUT2D eigenvalue weighted by Gasteiger charge is -2.01. The summed E-state index contributed by atoms with van der Waals surface area (Å²) in [5.41, 5.74) is 1.31. The minimum Gasteiger partial charge on any atom is -0.478 e. The van der Waals surface area contributed by atoms with Gasteiger partial charge in [0, 0.05) is 18.2 Å². The van der Waals surface area contributed by atoms with Crippen LogP contribution in [0.3, 0.4) is 0 Å². The number of rotatable bonds is 4. The van der Waals surface area contributed by atoms with Crippen molar-refractivity contribution >= 4 is 18.0 Å². The van der Waals surface area contributed by atoms with Gasteiger partial charge in [0.1, 0.15) is 0 Å². The molecule has 1 amide bonds. The molecule has 1 aromatic carbocycles. The SMILES string of the molecule is CCNC(=O)c1ccc(C=CC(=O)O)cc1. The van der Waals surface area contributed by atoms with Crippen LogP contribution in [-0.4, -0.2) is 23.5 Å². The fourth-order valence-corrected chi connectivity index (χ4v) is 1.18. The molecular weight excluding hydrogens is 206 g/mol. The molecule has 0 heterocycles. The van der Waals surface area contributed by atoms with Gasteiger partial charge in [-0.3, -0.25) is 4.79 Å². The summed E-state index contributed by atoms with van der Waals surface area (Å²) in [6.07, 6.45) is 2.53. The normalized spacial score (nSPS) is 10.3. The highest BCUT2D eigenvalue weighted by Gasteiger charge is 2.02. The summed E-state index contributed by atoms with van der Waals surface area (Å²) in [4.78, 5) is 21.7. The Morgan fingerprint density at radius 3 is 2.44 bits per heavy atom. The fourth-order valence-electron chi connectivity index (χ4n) is 1.18. The molecule has 0 aliphatic heterocycles. The number of carboxylic acids is 1. The molecule has 0 atom stereocenters. The number of aliphatic carboxylic acids is 1. The van der Waals surface area contributed by atoms with E-state index in [-0.39, 0.29) is 5.91 Å². The molecule has 1 rings (SSSR count). The van der Waals surface area contributed by atoms with E-state index in [1.54, 1.807) is 24.3 Å². The van der Waals surface area contributed by atoms with Gasteiger partial charge in [0.2, 0.25) is 0 Å². The van der Waals surface area contributed by atoms with E-state index in [1.165, 1.54) is 6.08 Å². The molecule has 1 aromatic rings. The molecule has 0 bridgehead atoms. The van der Waals surface area contributed by atoms with Crippen molar-refractivity contribution in [2.45, 2.75) is 6.92 Å². The highest BCUT2D eigenvalue weighted by molar-refractivity contribution is 5.94. The van der Waals surface area contributed by atoms with Gasteiger partial charge in [0.15, 0.2) is 0 Å². The van der Waals surface area contributed by atoms with Crippen molar-refractivity contribution in [2.24, 2.45) is 0 Å². The number of carbonyl (C=O) groups is 2. The van der Waals surface area contributed by atoms with Gasteiger partial charge in [0.05, 0.1) is 0 Å². The van der Waals surface area contributed by atoms with Gasteiger partial charge >= 0.3 is 5.97 Å². The molecule has 0 aliphatic rings. The summed E-state index contributed by atoms with van der Waals surface area (Å²) >= 11 is 0. The van der Waals surface area contributed by atoms with Gasteiger partial charge in [-0.05, 0) is 30.7 Å². The number of nitrogens with one attached hydrogen (secondary N) is 1. The van der Waals surface area contributed by atoms with E-state index >= 15 is 0 Å². The van der Waals surface area contributed by atoms with Crippen molar-refractivity contribution in [1.29, 1.82) is 0 Å². The summed E-state index contributed by atoms with van der Waals surface area (Å²) < 4.78 is 0. The molecule has 2 N–H and O–H groups in total. The molecule has 0 spiro atoms. The maximum atomic E-state index is 11.4. The molecular formula is C12H13NO3. The number of carboxylic acid groups (broad SMARTS) is 1. The van der Waals surface area contributed by atoms with E-state index < -0.39 is 5.97 Å². The second-order valence-electron chi connectivity index (χ2n) is 3.15. The second-order valence-corrected chi connectivity index (χ2v) is 3.15. The van der Waals surface area contributed by atoms with Crippen molar-refractivity contribution in [3.05, 3.63) is 41.5 Å². The lowest BCUT2D eigenvalue weighted by molar-refractivity contribution is -0.131. The highest BCUT2D eigenvalue weighted by atomic mass is 16.4. The van der Waals surface area contributed by atoms with Crippen LogP contribution in [0.4, 0.5) is 0 Å². The van der Waals surface area contributed by atoms with Gasteiger partial charge in [0.25, 0.3) is 5.91 Å². The number of carbonyl (C=O) groups excluding carboxylic acids is 1. The monoisotopic (exact) mass is 219 g/mol. The van der Waals surface area contributed by atoms with Crippen LogP contribution in [0.15, 0.2) is 30.3 Å². The summed E-state index contributed by atoms with van der Waals surface area (Å²) in [6, 6.07) is 6.72. The van der Waals surface area contributed by atoms with Crippen molar-refractivity contribution < 1.29 is 14.7 Å². The zero-order chi connectivity index (χ0) is 12.0. The second kappa shape index (κ2) is 5.70. The zero-order valence-corrected chi connectivity index (χ0v) is 8.93. The molecule has 84 valence electrons. The molecule has 0 saturated carbocycles. The van der Waals surface area contributed by atoms with Crippen molar-refractivity contribution in [3.63, 3.8) is 0 Å².